The predicted molar refractivity (Wildman–Crippen MR) is 109 cm³/mol. The number of rotatable bonds is 8. The predicted octanol–water partition coefficient (Wildman–Crippen LogP) is 0.434. The number of nitrogens with one attached hydrogen (secondary N) is 1. The second kappa shape index (κ2) is 10.8. The molecule has 0 saturated carbocycles. The summed E-state index contributed by atoms with van der Waals surface area (Å²) in [5, 5.41) is 1.90. The van der Waals surface area contributed by atoms with Crippen molar-refractivity contribution < 1.29 is 38.2 Å². The van der Waals surface area contributed by atoms with Crippen LogP contribution in [0.1, 0.15) is 44.4 Å². The molecule has 0 aromatic heterocycles. The standard InChI is InChI=1S/C21H25N3O8/c1-2-31-21(29)22-17(25)13-32-20(28)14-4-5-15-16(12-14)19(27)24(18(15)26)7-3-6-23-8-10-30-11-9-23/h4-5,12H,2-3,6-11,13H2,1H3,(H,22,25,29). The number of alkyl carbamates (subject to hydrolysis) is 1. The minimum atomic E-state index is -0.941. The maximum Gasteiger partial charge on any atom is 0.413 e. The molecule has 32 heavy (non-hydrogen) atoms. The van der Waals surface area contributed by atoms with Crippen molar-refractivity contribution in [3.8, 4) is 0 Å². The minimum absolute atomic E-state index is 0.0176. The Morgan fingerprint density at radius 1 is 1.03 bits per heavy atom. The fourth-order valence-corrected chi connectivity index (χ4v) is 3.43. The number of fused-ring (bicyclic) bond motifs is 1. The summed E-state index contributed by atoms with van der Waals surface area (Å²) < 4.78 is 14.7. The Bertz CT molecular complexity index is 910. The summed E-state index contributed by atoms with van der Waals surface area (Å²) in [7, 11) is 0. The molecule has 0 atom stereocenters. The zero-order valence-corrected chi connectivity index (χ0v) is 17.8. The molecule has 11 nitrogen and oxygen atoms in total. The van der Waals surface area contributed by atoms with Gasteiger partial charge in [0.1, 0.15) is 0 Å². The normalized spacial score (nSPS) is 16.0. The topological polar surface area (TPSA) is 132 Å². The smallest absolute Gasteiger partial charge is 0.413 e. The minimum Gasteiger partial charge on any atom is -0.452 e. The maximum absolute atomic E-state index is 12.7. The summed E-state index contributed by atoms with van der Waals surface area (Å²) in [4.78, 5) is 63.7. The summed E-state index contributed by atoms with van der Waals surface area (Å²) in [6, 6.07) is 4.03. The number of nitrogens with zero attached hydrogens (tertiary/aromatic N) is 2. The van der Waals surface area contributed by atoms with Crippen LogP contribution < -0.4 is 5.32 Å². The van der Waals surface area contributed by atoms with Gasteiger partial charge in [-0.1, -0.05) is 0 Å². The SMILES string of the molecule is CCOC(=O)NC(=O)COC(=O)c1ccc2c(c1)C(=O)N(CCCN1CCOCC1)C2=O. The first-order chi connectivity index (χ1) is 15.4. The van der Waals surface area contributed by atoms with E-state index in [4.69, 9.17) is 9.47 Å². The largest absolute Gasteiger partial charge is 0.452 e. The van der Waals surface area contributed by atoms with Gasteiger partial charge in [0, 0.05) is 26.2 Å². The van der Waals surface area contributed by atoms with Crippen molar-refractivity contribution in [3.63, 3.8) is 0 Å². The van der Waals surface area contributed by atoms with Gasteiger partial charge in [-0.05, 0) is 31.5 Å². The number of carbonyl (C=O) groups is 5. The highest BCUT2D eigenvalue weighted by atomic mass is 16.6. The first-order valence-corrected chi connectivity index (χ1v) is 10.3. The number of benzene rings is 1. The van der Waals surface area contributed by atoms with Crippen LogP contribution in [0.25, 0.3) is 0 Å². The fourth-order valence-electron chi connectivity index (χ4n) is 3.43. The maximum atomic E-state index is 12.7. The number of hydrogen-bond acceptors (Lipinski definition) is 9. The Balaban J connectivity index is 1.54. The van der Waals surface area contributed by atoms with Gasteiger partial charge in [-0.2, -0.15) is 0 Å². The van der Waals surface area contributed by atoms with Crippen molar-refractivity contribution in [1.82, 2.24) is 15.1 Å². The zero-order valence-electron chi connectivity index (χ0n) is 17.8. The molecule has 2 aliphatic rings. The van der Waals surface area contributed by atoms with Gasteiger partial charge in [-0.25, -0.2) is 9.59 Å². The third-order valence-electron chi connectivity index (χ3n) is 5.02. The van der Waals surface area contributed by atoms with Crippen molar-refractivity contribution in [2.75, 3.05) is 52.6 Å². The molecular weight excluding hydrogens is 422 g/mol. The molecule has 4 amide bonds. The molecule has 0 unspecified atom stereocenters. The van der Waals surface area contributed by atoms with Crippen LogP contribution in [0.15, 0.2) is 18.2 Å². The first kappa shape index (κ1) is 23.4. The van der Waals surface area contributed by atoms with Gasteiger partial charge in [0.05, 0.1) is 36.5 Å². The Morgan fingerprint density at radius 3 is 2.47 bits per heavy atom. The number of esters is 1. The lowest BCUT2D eigenvalue weighted by molar-refractivity contribution is -0.123. The summed E-state index contributed by atoms with van der Waals surface area (Å²) in [5.74, 6) is -2.59. The molecule has 1 aromatic rings. The molecule has 1 aromatic carbocycles. The second-order valence-electron chi connectivity index (χ2n) is 7.17. The average Bonchev–Trinajstić information content (AvgIpc) is 3.02. The average molecular weight is 447 g/mol. The van der Waals surface area contributed by atoms with Crippen LogP contribution in [-0.2, 0) is 19.0 Å². The lowest BCUT2D eigenvalue weighted by atomic mass is 10.1. The second-order valence-corrected chi connectivity index (χ2v) is 7.17. The van der Waals surface area contributed by atoms with E-state index in [0.717, 1.165) is 19.6 Å². The van der Waals surface area contributed by atoms with Crippen molar-refractivity contribution in [3.05, 3.63) is 34.9 Å². The fraction of sp³-hybridized carbons (Fsp3) is 0.476. The molecule has 0 radical (unpaired) electrons. The van der Waals surface area contributed by atoms with E-state index >= 15 is 0 Å². The number of imide groups is 2. The van der Waals surface area contributed by atoms with Crippen molar-refractivity contribution >= 4 is 29.8 Å². The molecule has 1 fully saturated rings. The molecule has 1 saturated heterocycles. The Morgan fingerprint density at radius 2 is 1.75 bits per heavy atom. The summed E-state index contributed by atoms with van der Waals surface area (Å²) in [5.41, 5.74) is 0.355. The summed E-state index contributed by atoms with van der Waals surface area (Å²) in [6.07, 6.45) is -0.306. The number of carbonyl (C=O) groups excluding carboxylic acids is 5. The van der Waals surface area contributed by atoms with Gasteiger partial charge >= 0.3 is 12.1 Å². The Hall–Kier alpha value is -3.31. The molecule has 2 heterocycles. The van der Waals surface area contributed by atoms with Gasteiger partial charge in [-0.3, -0.25) is 29.5 Å². The monoisotopic (exact) mass is 447 g/mol. The van der Waals surface area contributed by atoms with Crippen LogP contribution in [0.5, 0.6) is 0 Å². The van der Waals surface area contributed by atoms with Crippen LogP contribution in [0.4, 0.5) is 4.79 Å². The van der Waals surface area contributed by atoms with Crippen LogP contribution in [0.2, 0.25) is 0 Å². The summed E-state index contributed by atoms with van der Waals surface area (Å²) in [6.45, 7) is 5.00. The molecular formula is C21H25N3O8. The Kier molecular flexibility index (Phi) is 7.90. The van der Waals surface area contributed by atoms with E-state index in [9.17, 15) is 24.0 Å². The number of morpholine rings is 1. The highest BCUT2D eigenvalue weighted by molar-refractivity contribution is 6.22. The summed E-state index contributed by atoms with van der Waals surface area (Å²) >= 11 is 0. The van der Waals surface area contributed by atoms with Gasteiger partial charge in [0.15, 0.2) is 6.61 Å². The zero-order chi connectivity index (χ0) is 23.1. The van der Waals surface area contributed by atoms with Gasteiger partial charge < -0.3 is 14.2 Å². The molecule has 172 valence electrons. The lowest BCUT2D eigenvalue weighted by Crippen LogP contribution is -2.39. The number of hydrogen-bond donors (Lipinski definition) is 1. The molecule has 11 heteroatoms. The van der Waals surface area contributed by atoms with E-state index in [1.807, 2.05) is 5.32 Å². The Labute approximate surface area is 184 Å². The first-order valence-electron chi connectivity index (χ1n) is 10.3. The molecule has 3 rings (SSSR count). The highest BCUT2D eigenvalue weighted by Crippen LogP contribution is 2.24. The highest BCUT2D eigenvalue weighted by Gasteiger charge is 2.35. The van der Waals surface area contributed by atoms with Crippen molar-refractivity contribution in [2.24, 2.45) is 0 Å². The molecule has 2 aliphatic heterocycles. The van der Waals surface area contributed by atoms with Crippen LogP contribution >= 0.6 is 0 Å². The van der Waals surface area contributed by atoms with E-state index in [0.29, 0.717) is 19.6 Å². The van der Waals surface area contributed by atoms with E-state index in [-0.39, 0.29) is 29.8 Å². The van der Waals surface area contributed by atoms with E-state index in [2.05, 4.69) is 9.64 Å². The van der Waals surface area contributed by atoms with Crippen molar-refractivity contribution in [1.29, 1.82) is 0 Å². The lowest BCUT2D eigenvalue weighted by Gasteiger charge is -2.27. The molecule has 0 aliphatic carbocycles. The molecule has 0 spiro atoms. The van der Waals surface area contributed by atoms with Crippen molar-refractivity contribution in [2.45, 2.75) is 13.3 Å². The third kappa shape index (κ3) is 5.68. The molecule has 0 bridgehead atoms. The number of amides is 4. The van der Waals surface area contributed by atoms with Gasteiger partial charge in [-0.15, -0.1) is 0 Å². The van der Waals surface area contributed by atoms with E-state index in [1.54, 1.807) is 6.92 Å². The van der Waals surface area contributed by atoms with Gasteiger partial charge in [0.2, 0.25) is 0 Å². The molecule has 1 N–H and O–H groups in total. The van der Waals surface area contributed by atoms with Crippen LogP contribution in [0, 0.1) is 0 Å². The van der Waals surface area contributed by atoms with E-state index < -0.39 is 36.4 Å². The quantitative estimate of drug-likeness (QED) is 0.445. The number of ether oxygens (including phenoxy) is 3. The van der Waals surface area contributed by atoms with Crippen LogP contribution in [-0.4, -0.2) is 92.2 Å². The third-order valence-corrected chi connectivity index (χ3v) is 5.02. The van der Waals surface area contributed by atoms with Gasteiger partial charge in [0.25, 0.3) is 17.7 Å². The van der Waals surface area contributed by atoms with E-state index in [1.165, 1.54) is 23.1 Å². The van der Waals surface area contributed by atoms with Crippen LogP contribution in [0.3, 0.4) is 0 Å².